The summed E-state index contributed by atoms with van der Waals surface area (Å²) < 4.78 is 0. The Hall–Kier alpha value is -5.25. The quantitative estimate of drug-likeness (QED) is 0.0602. The number of nitrogens with two attached hydrogens (primary N) is 1. The summed E-state index contributed by atoms with van der Waals surface area (Å²) in [7, 11) is 13.4. The average molecular weight is 1360 g/mol. The lowest BCUT2D eigenvalue weighted by atomic mass is 10.4. The minimum atomic E-state index is -0.699. The van der Waals surface area contributed by atoms with Crippen LogP contribution in [0.2, 0.25) is 0 Å². The smallest absolute Gasteiger partial charge is 0.330 e. The van der Waals surface area contributed by atoms with Crippen LogP contribution in [0.1, 0.15) is 73.1 Å². The zero-order chi connectivity index (χ0) is 64.6. The summed E-state index contributed by atoms with van der Waals surface area (Å²) in [6.45, 7) is 6.08. The number of hydrogen-bond donors (Lipinski definition) is 3. The highest BCUT2D eigenvalue weighted by Gasteiger charge is 2.43. The molecule has 11 amide bonds. The lowest BCUT2D eigenvalue weighted by Crippen LogP contribution is -2.33. The molecule has 3 atom stereocenters. The predicted octanol–water partition coefficient (Wildman–Crippen LogP) is 4.02. The summed E-state index contributed by atoms with van der Waals surface area (Å²) in [6.07, 6.45) is 13.1. The normalized spacial score (nSPS) is 17.3. The van der Waals surface area contributed by atoms with Gasteiger partial charge in [-0.25, -0.2) is 24.2 Å². The summed E-state index contributed by atoms with van der Waals surface area (Å²) in [4.78, 5) is 186. The number of nitrogens with zero attached hydrogens (tertiary/aromatic N) is 6. The van der Waals surface area contributed by atoms with Crippen LogP contribution in [0.25, 0.3) is 0 Å². The van der Waals surface area contributed by atoms with Gasteiger partial charge in [0.2, 0.25) is 5.91 Å². The van der Waals surface area contributed by atoms with Gasteiger partial charge in [0.15, 0.2) is 0 Å². The van der Waals surface area contributed by atoms with Crippen LogP contribution in [-0.4, -0.2) is 201 Å². The maximum atomic E-state index is 11.9. The van der Waals surface area contributed by atoms with E-state index in [2.05, 4.69) is 35.4 Å². The van der Waals surface area contributed by atoms with Crippen molar-refractivity contribution in [3.05, 3.63) is 48.7 Å². The highest BCUT2D eigenvalue weighted by Crippen LogP contribution is 2.32. The van der Waals surface area contributed by atoms with E-state index in [9.17, 15) is 71.9 Å². The fourth-order valence-electron chi connectivity index (χ4n) is 5.50. The van der Waals surface area contributed by atoms with Crippen molar-refractivity contribution in [1.29, 1.82) is 0 Å². The van der Waals surface area contributed by atoms with E-state index < -0.39 is 98.7 Å². The van der Waals surface area contributed by atoms with Gasteiger partial charge < -0.3 is 30.4 Å². The van der Waals surface area contributed by atoms with E-state index in [0.717, 1.165) is 97.0 Å². The second-order valence-corrected chi connectivity index (χ2v) is 27.4. The van der Waals surface area contributed by atoms with Crippen molar-refractivity contribution in [2.24, 2.45) is 5.73 Å². The molecule has 6 rings (SSSR count). The van der Waals surface area contributed by atoms with Crippen molar-refractivity contribution in [1.82, 2.24) is 35.6 Å². The molecular formula is C48H66N8O20S9. The van der Waals surface area contributed by atoms with Gasteiger partial charge in [0, 0.05) is 89.4 Å². The van der Waals surface area contributed by atoms with Gasteiger partial charge in [0.05, 0.1) is 35.0 Å². The molecule has 0 aromatic carbocycles. The average Bonchev–Trinajstić information content (AvgIpc) is 4.43. The number of hydrogen-bond acceptors (Lipinski definition) is 31. The molecule has 0 bridgehead atoms. The fourth-order valence-corrected chi connectivity index (χ4v) is 13.9. The third-order valence-corrected chi connectivity index (χ3v) is 19.1. The number of amides is 11. The van der Waals surface area contributed by atoms with Gasteiger partial charge >= 0.3 is 23.9 Å². The molecule has 0 saturated carbocycles. The number of rotatable bonds is 23. The predicted molar refractivity (Wildman–Crippen MR) is 327 cm³/mol. The molecule has 5 aliphatic rings. The molecule has 472 valence electrons. The van der Waals surface area contributed by atoms with Gasteiger partial charge in [-0.05, 0) is 79.0 Å². The van der Waals surface area contributed by atoms with Gasteiger partial charge in [0.1, 0.15) is 5.03 Å². The lowest BCUT2D eigenvalue weighted by Gasteiger charge is -2.12. The molecule has 6 heterocycles. The maximum Gasteiger partial charge on any atom is 0.330 e. The van der Waals surface area contributed by atoms with E-state index in [1.165, 1.54) is 63.1 Å². The zero-order valence-electron chi connectivity index (χ0n) is 47.5. The third-order valence-electron chi connectivity index (χ3n) is 9.06. The Morgan fingerprint density at radius 2 is 0.847 bits per heavy atom. The molecule has 4 N–H and O–H groups in total. The molecule has 0 radical (unpaired) electrons. The van der Waals surface area contributed by atoms with Gasteiger partial charge in [-0.3, -0.25) is 57.9 Å². The highest BCUT2D eigenvalue weighted by molar-refractivity contribution is 8.77. The van der Waals surface area contributed by atoms with Crippen LogP contribution >= 0.6 is 100 Å². The van der Waals surface area contributed by atoms with Crippen molar-refractivity contribution in [2.75, 3.05) is 61.1 Å². The van der Waals surface area contributed by atoms with Crippen LogP contribution in [0, 0.1) is 0 Å². The van der Waals surface area contributed by atoms with E-state index in [4.69, 9.17) is 5.21 Å². The van der Waals surface area contributed by atoms with E-state index in [1.54, 1.807) is 78.0 Å². The molecule has 3 unspecified atom stereocenters. The Labute approximate surface area is 526 Å². The van der Waals surface area contributed by atoms with Gasteiger partial charge in [-0.2, -0.15) is 0 Å². The number of pyridine rings is 1. The standard InChI is InChI=1S/C14H16N2O4S3.2C10H15NO4S3.C6H5NO4.C4H3NO3.C3H7NO.CH5N/c1-10(17)20-16-13(18)9-11(14(16)19)21-7-4-8-22-23-12-5-2-3-6-15-12;2*1-7(12)15-11-9(13)6-8(10(11)14)17-4-3-5-18-16-2;1-4(8)11-7-5(9)2-3-6(7)10;6-3-1-2-4(7)5(3)8;1-3(5)4-2;1-2/h2-3,5-6,11H,4,7-9H2,1H3;2*8H,3-6H2,1-2H3;2-3H,1H3;1-2,8H;1-2H3,(H,4,5);2H2,1H3. The number of nitrogens with one attached hydrogen (secondary N) is 1. The summed E-state index contributed by atoms with van der Waals surface area (Å²) in [5.74, 6) is -2.52. The van der Waals surface area contributed by atoms with Gasteiger partial charge in [-0.15, -0.1) is 55.5 Å². The first-order valence-corrected chi connectivity index (χ1v) is 35.5. The van der Waals surface area contributed by atoms with Crippen LogP contribution in [-0.2, 0) is 91.3 Å². The molecule has 0 aliphatic carbocycles. The second-order valence-electron chi connectivity index (χ2n) is 15.6. The van der Waals surface area contributed by atoms with Crippen LogP contribution in [0.5, 0.6) is 0 Å². The molecule has 85 heavy (non-hydrogen) atoms. The Morgan fingerprint density at radius 1 is 0.529 bits per heavy atom. The third kappa shape index (κ3) is 33.5. The summed E-state index contributed by atoms with van der Waals surface area (Å²) in [6, 6.07) is 5.78. The number of carbonyl (C=O) groups excluding carboxylic acids is 15. The van der Waals surface area contributed by atoms with E-state index in [0.29, 0.717) is 20.3 Å². The van der Waals surface area contributed by atoms with E-state index >= 15 is 0 Å². The van der Waals surface area contributed by atoms with E-state index in [1.807, 2.05) is 30.7 Å². The topological polar surface area (TPSA) is 380 Å². The van der Waals surface area contributed by atoms with Crippen molar-refractivity contribution in [2.45, 2.75) is 93.9 Å². The van der Waals surface area contributed by atoms with Crippen molar-refractivity contribution >= 4 is 189 Å². The van der Waals surface area contributed by atoms with Crippen LogP contribution in [0.3, 0.4) is 0 Å². The number of thioether (sulfide) groups is 3. The SMILES string of the molecule is CC(=O)ON1C(=O)C=CC1=O.CC(=O)ON1C(=O)CC(SCCCSSc2ccccn2)C1=O.CN.CNC(C)=O.CSSCCCSC1CC(=O)N(OC(C)=O)C1=O.CSSCCCSC1CC(=O)N(OC(C)=O)C1=O.O=C1C=CC(=O)N1O. The number of hydroxylamine groups is 10. The second kappa shape index (κ2) is 46.0. The maximum absolute atomic E-state index is 11.9. The first-order valence-electron chi connectivity index (χ1n) is 24.6. The highest BCUT2D eigenvalue weighted by atomic mass is 33.1. The van der Waals surface area contributed by atoms with Crippen molar-refractivity contribution in [3.63, 3.8) is 0 Å². The zero-order valence-corrected chi connectivity index (χ0v) is 54.8. The van der Waals surface area contributed by atoms with Crippen LogP contribution in [0.15, 0.2) is 53.7 Å². The fraction of sp³-hybridized carbons (Fsp3) is 0.500. The Bertz CT molecular complexity index is 2440. The number of carbonyl (C=O) groups is 15. The first-order chi connectivity index (χ1) is 40.3. The van der Waals surface area contributed by atoms with Crippen molar-refractivity contribution < 1.29 is 96.5 Å². The van der Waals surface area contributed by atoms with E-state index in [-0.39, 0.29) is 30.2 Å². The lowest BCUT2D eigenvalue weighted by molar-refractivity contribution is -0.195. The first kappa shape index (κ1) is 79.8. The molecule has 5 aliphatic heterocycles. The largest absolute Gasteiger partial charge is 0.359 e. The van der Waals surface area contributed by atoms with Gasteiger partial charge in [0.25, 0.3) is 59.1 Å². The summed E-state index contributed by atoms with van der Waals surface area (Å²) in [5, 5.41) is 12.7. The minimum absolute atomic E-state index is 0.00463. The molecule has 28 nitrogen and oxygen atoms in total. The molecular weight excluding hydrogens is 1300 g/mol. The number of imide groups is 5. The molecule has 1 aromatic rings. The monoisotopic (exact) mass is 1360 g/mol. The van der Waals surface area contributed by atoms with Gasteiger partial charge in [-0.1, -0.05) is 65.1 Å². The van der Waals surface area contributed by atoms with Crippen LogP contribution < -0.4 is 11.1 Å². The Balaban J connectivity index is 0.00000104. The number of aromatic nitrogens is 1. The Morgan fingerprint density at radius 3 is 1.12 bits per heavy atom. The van der Waals surface area contributed by atoms with Crippen molar-refractivity contribution in [3.8, 4) is 0 Å². The molecule has 0 spiro atoms. The molecule has 37 heteroatoms. The summed E-state index contributed by atoms with van der Waals surface area (Å²) in [5.41, 5.74) is 4.50. The minimum Gasteiger partial charge on any atom is -0.359 e. The van der Waals surface area contributed by atoms with Crippen LogP contribution in [0.4, 0.5) is 0 Å². The summed E-state index contributed by atoms with van der Waals surface area (Å²) >= 11 is 4.33. The molecule has 3 saturated heterocycles. The Kier molecular flexibility index (Phi) is 43.1. The molecule has 1 aromatic heterocycles. The molecule has 3 fully saturated rings.